The number of ether oxygens (including phenoxy) is 1. The first-order chi connectivity index (χ1) is 11.6. The Balaban J connectivity index is 2.05. The molecule has 3 nitrogen and oxygen atoms in total. The van der Waals surface area contributed by atoms with Gasteiger partial charge < -0.3 is 4.74 Å². The summed E-state index contributed by atoms with van der Waals surface area (Å²) in [7, 11) is 0. The molecule has 2 aromatic rings. The van der Waals surface area contributed by atoms with E-state index in [1.54, 1.807) is 6.21 Å². The minimum absolute atomic E-state index is 0.0301. The predicted octanol–water partition coefficient (Wildman–Crippen LogP) is 4.55. The Labute approximate surface area is 140 Å². The van der Waals surface area contributed by atoms with Crippen molar-refractivity contribution in [1.29, 1.82) is 0 Å². The average Bonchev–Trinajstić information content (AvgIpc) is 2.58. The van der Waals surface area contributed by atoms with E-state index in [0.29, 0.717) is 0 Å². The van der Waals surface area contributed by atoms with Gasteiger partial charge in [0, 0.05) is 5.56 Å². The van der Waals surface area contributed by atoms with Crippen LogP contribution in [0.3, 0.4) is 0 Å². The van der Waals surface area contributed by atoms with Crippen LogP contribution < -0.4 is 4.74 Å². The molecule has 0 spiro atoms. The molecule has 0 atom stereocenters. The number of rotatable bonds is 7. The van der Waals surface area contributed by atoms with E-state index in [1.165, 1.54) is 17.9 Å². The van der Waals surface area contributed by atoms with Crippen molar-refractivity contribution in [2.45, 2.75) is 13.3 Å². The lowest BCUT2D eigenvalue weighted by atomic mass is 10.1. The summed E-state index contributed by atoms with van der Waals surface area (Å²) in [6.07, 6.45) is 5.24. The van der Waals surface area contributed by atoms with Gasteiger partial charge in [-0.25, -0.2) is 8.78 Å². The molecule has 0 radical (unpaired) electrons. The molecule has 0 aliphatic carbocycles. The summed E-state index contributed by atoms with van der Waals surface area (Å²) in [6.45, 7) is 5.54. The predicted molar refractivity (Wildman–Crippen MR) is 93.1 cm³/mol. The van der Waals surface area contributed by atoms with Gasteiger partial charge in [0.2, 0.25) is 0 Å². The average molecular weight is 328 g/mol. The van der Waals surface area contributed by atoms with Crippen LogP contribution in [-0.4, -0.2) is 19.0 Å². The molecule has 0 bridgehead atoms. The molecule has 0 heterocycles. The van der Waals surface area contributed by atoms with E-state index in [9.17, 15) is 8.78 Å². The fraction of sp³-hybridized carbons (Fsp3) is 0.158. The molecule has 2 rings (SSSR count). The molecule has 2 aromatic carbocycles. The van der Waals surface area contributed by atoms with Crippen LogP contribution in [0.15, 0.2) is 59.3 Å². The number of hydrogen-bond acceptors (Lipinski definition) is 3. The molecule has 0 saturated carbocycles. The largest absolute Gasteiger partial charge is 0.483 e. The van der Waals surface area contributed by atoms with Crippen LogP contribution in [0.25, 0.3) is 0 Å². The van der Waals surface area contributed by atoms with Crippen LogP contribution in [0.4, 0.5) is 8.78 Å². The lowest BCUT2D eigenvalue weighted by Gasteiger charge is -2.06. The Morgan fingerprint density at radius 2 is 1.58 bits per heavy atom. The minimum atomic E-state index is -0.794. The molecule has 0 aliphatic rings. The van der Waals surface area contributed by atoms with E-state index in [0.717, 1.165) is 24.1 Å². The quantitative estimate of drug-likeness (QED) is 0.417. The number of nitrogens with zero attached hydrogens (tertiary/aromatic N) is 2. The van der Waals surface area contributed by atoms with Gasteiger partial charge in [-0.1, -0.05) is 43.8 Å². The molecule has 5 heteroatoms. The smallest absolute Gasteiger partial charge is 0.191 e. The summed E-state index contributed by atoms with van der Waals surface area (Å²) >= 11 is 0. The Bertz CT molecular complexity index is 729. The van der Waals surface area contributed by atoms with Gasteiger partial charge in [0.25, 0.3) is 0 Å². The SMILES string of the molecule is C=CCOc1c(F)cc(C=NN=Cc2ccc(CC)cc2)cc1F. The van der Waals surface area contributed by atoms with E-state index in [2.05, 4.69) is 23.7 Å². The Morgan fingerprint density at radius 3 is 2.12 bits per heavy atom. The molecule has 0 N–H and O–H groups in total. The molecular formula is C19H18F2N2O. The van der Waals surface area contributed by atoms with Crippen molar-refractivity contribution in [3.8, 4) is 5.75 Å². The molecule has 0 amide bonds. The third-order valence-corrected chi connectivity index (χ3v) is 3.23. The molecule has 0 aliphatic heterocycles. The maximum Gasteiger partial charge on any atom is 0.191 e. The maximum absolute atomic E-state index is 13.8. The monoisotopic (exact) mass is 328 g/mol. The van der Waals surface area contributed by atoms with Gasteiger partial charge in [0.1, 0.15) is 6.61 Å². The second kappa shape index (κ2) is 8.72. The highest BCUT2D eigenvalue weighted by atomic mass is 19.1. The fourth-order valence-corrected chi connectivity index (χ4v) is 1.97. The normalized spacial score (nSPS) is 11.3. The lowest BCUT2D eigenvalue weighted by molar-refractivity contribution is 0.321. The zero-order chi connectivity index (χ0) is 17.4. The van der Waals surface area contributed by atoms with Crippen LogP contribution in [0.1, 0.15) is 23.6 Å². The van der Waals surface area contributed by atoms with Crippen LogP contribution >= 0.6 is 0 Å². The molecule has 0 unspecified atom stereocenters. The van der Waals surface area contributed by atoms with Gasteiger partial charge in [0.15, 0.2) is 17.4 Å². The lowest BCUT2D eigenvalue weighted by Crippen LogP contribution is -2.00. The van der Waals surface area contributed by atoms with Gasteiger partial charge in [-0.15, -0.1) is 0 Å². The zero-order valence-corrected chi connectivity index (χ0v) is 13.4. The summed E-state index contributed by atoms with van der Waals surface area (Å²) in [5.41, 5.74) is 2.39. The third-order valence-electron chi connectivity index (χ3n) is 3.23. The Morgan fingerprint density at radius 1 is 1.00 bits per heavy atom. The maximum atomic E-state index is 13.8. The van der Waals surface area contributed by atoms with E-state index >= 15 is 0 Å². The van der Waals surface area contributed by atoms with Gasteiger partial charge in [-0.3, -0.25) is 0 Å². The van der Waals surface area contributed by atoms with Gasteiger partial charge in [0.05, 0.1) is 12.4 Å². The fourth-order valence-electron chi connectivity index (χ4n) is 1.97. The number of halogens is 2. The molecule has 0 saturated heterocycles. The highest BCUT2D eigenvalue weighted by molar-refractivity contribution is 5.82. The van der Waals surface area contributed by atoms with Gasteiger partial charge in [-0.2, -0.15) is 10.2 Å². The van der Waals surface area contributed by atoms with Crippen molar-refractivity contribution in [2.75, 3.05) is 6.61 Å². The van der Waals surface area contributed by atoms with Crippen molar-refractivity contribution in [2.24, 2.45) is 10.2 Å². The van der Waals surface area contributed by atoms with Crippen molar-refractivity contribution < 1.29 is 13.5 Å². The van der Waals surface area contributed by atoms with Crippen LogP contribution in [0, 0.1) is 11.6 Å². The van der Waals surface area contributed by atoms with E-state index in [-0.39, 0.29) is 12.2 Å². The zero-order valence-electron chi connectivity index (χ0n) is 13.4. The highest BCUT2D eigenvalue weighted by Crippen LogP contribution is 2.22. The van der Waals surface area contributed by atoms with E-state index in [4.69, 9.17) is 4.74 Å². The summed E-state index contributed by atoms with van der Waals surface area (Å²) in [5, 5.41) is 7.69. The Hall–Kier alpha value is -2.82. The summed E-state index contributed by atoms with van der Waals surface area (Å²) in [6, 6.07) is 10.2. The third kappa shape index (κ3) is 4.84. The first-order valence-electron chi connectivity index (χ1n) is 7.52. The van der Waals surface area contributed by atoms with Crippen molar-refractivity contribution in [3.05, 3.63) is 77.4 Å². The number of hydrogen-bond donors (Lipinski definition) is 0. The minimum Gasteiger partial charge on any atom is -0.483 e. The summed E-state index contributed by atoms with van der Waals surface area (Å²) < 4.78 is 32.5. The summed E-state index contributed by atoms with van der Waals surface area (Å²) in [5.74, 6) is -2.01. The molecule has 24 heavy (non-hydrogen) atoms. The topological polar surface area (TPSA) is 34.0 Å². The first-order valence-corrected chi connectivity index (χ1v) is 7.52. The second-order valence-electron chi connectivity index (χ2n) is 5.00. The van der Waals surface area contributed by atoms with Crippen molar-refractivity contribution in [3.63, 3.8) is 0 Å². The number of aryl methyl sites for hydroxylation is 1. The second-order valence-corrected chi connectivity index (χ2v) is 5.00. The van der Waals surface area contributed by atoms with Gasteiger partial charge in [-0.05, 0) is 29.7 Å². The Kier molecular flexibility index (Phi) is 6.37. The molecule has 0 aromatic heterocycles. The standard InChI is InChI=1S/C19H18F2N2O/c1-3-9-24-19-17(20)10-16(11-18(19)21)13-23-22-12-15-7-5-14(4-2)6-8-15/h3,5-8,10-13H,1,4,9H2,2H3. The van der Waals surface area contributed by atoms with Gasteiger partial charge >= 0.3 is 0 Å². The molecular weight excluding hydrogens is 310 g/mol. The molecule has 0 fully saturated rings. The van der Waals surface area contributed by atoms with Crippen molar-refractivity contribution in [1.82, 2.24) is 0 Å². The van der Waals surface area contributed by atoms with E-state index < -0.39 is 17.4 Å². The van der Waals surface area contributed by atoms with E-state index in [1.807, 2.05) is 24.3 Å². The van der Waals surface area contributed by atoms with Crippen LogP contribution in [0.5, 0.6) is 5.75 Å². The molecule has 124 valence electrons. The van der Waals surface area contributed by atoms with Crippen LogP contribution in [0.2, 0.25) is 0 Å². The highest BCUT2D eigenvalue weighted by Gasteiger charge is 2.11. The first kappa shape index (κ1) is 17.5. The van der Waals surface area contributed by atoms with Crippen molar-refractivity contribution >= 4 is 12.4 Å². The van der Waals surface area contributed by atoms with Crippen LogP contribution in [-0.2, 0) is 6.42 Å². The number of benzene rings is 2. The summed E-state index contributed by atoms with van der Waals surface area (Å²) in [4.78, 5) is 0.